The first kappa shape index (κ1) is 16.3. The Morgan fingerprint density at radius 3 is 2.92 bits per heavy atom. The van der Waals surface area contributed by atoms with Crippen molar-refractivity contribution in [3.05, 3.63) is 41.9 Å². The minimum Gasteiger partial charge on any atom is -0.390 e. The molecule has 0 radical (unpaired) electrons. The Bertz CT molecular complexity index is 747. The third kappa shape index (κ3) is 3.73. The monoisotopic (exact) mass is 362 g/mol. The highest BCUT2D eigenvalue weighted by molar-refractivity contribution is 7.99. The van der Waals surface area contributed by atoms with Gasteiger partial charge in [0.25, 0.3) is 0 Å². The number of hydrogen-bond donors (Lipinski definition) is 1. The SMILES string of the molecule is Fc1cc(C2=NOC(CNc3ccon3)C2)ccc1N1CCSCC1. The molecule has 132 valence electrons. The lowest BCUT2D eigenvalue weighted by atomic mass is 10.0. The summed E-state index contributed by atoms with van der Waals surface area (Å²) in [6, 6.07) is 7.08. The summed E-state index contributed by atoms with van der Waals surface area (Å²) >= 11 is 1.91. The number of aromatic nitrogens is 1. The van der Waals surface area contributed by atoms with Crippen molar-refractivity contribution < 1.29 is 13.8 Å². The average Bonchev–Trinajstić information content (AvgIpc) is 3.32. The molecule has 1 fully saturated rings. The number of rotatable bonds is 5. The molecular weight excluding hydrogens is 343 g/mol. The van der Waals surface area contributed by atoms with E-state index in [9.17, 15) is 4.39 Å². The number of thioether (sulfide) groups is 1. The summed E-state index contributed by atoms with van der Waals surface area (Å²) in [5, 5.41) is 11.0. The minimum atomic E-state index is -0.198. The molecule has 1 unspecified atom stereocenters. The van der Waals surface area contributed by atoms with E-state index >= 15 is 0 Å². The highest BCUT2D eigenvalue weighted by Crippen LogP contribution is 2.26. The Hall–Kier alpha value is -2.22. The molecule has 0 saturated carbocycles. The molecule has 1 atom stereocenters. The largest absolute Gasteiger partial charge is 0.390 e. The van der Waals surface area contributed by atoms with E-state index in [1.165, 1.54) is 6.26 Å². The predicted octanol–water partition coefficient (Wildman–Crippen LogP) is 2.97. The normalized spacial score (nSPS) is 20.3. The first-order valence-electron chi connectivity index (χ1n) is 8.29. The molecule has 0 amide bonds. The van der Waals surface area contributed by atoms with Crippen molar-refractivity contribution in [3.8, 4) is 0 Å². The molecule has 4 rings (SSSR count). The van der Waals surface area contributed by atoms with Crippen molar-refractivity contribution in [1.82, 2.24) is 5.16 Å². The molecule has 3 heterocycles. The van der Waals surface area contributed by atoms with E-state index in [1.54, 1.807) is 12.1 Å². The van der Waals surface area contributed by atoms with Crippen LogP contribution in [0.15, 0.2) is 40.2 Å². The molecule has 6 nitrogen and oxygen atoms in total. The van der Waals surface area contributed by atoms with Gasteiger partial charge in [-0.05, 0) is 12.1 Å². The van der Waals surface area contributed by atoms with Gasteiger partial charge in [0.15, 0.2) is 5.82 Å². The van der Waals surface area contributed by atoms with Gasteiger partial charge in [0.05, 0.1) is 17.9 Å². The summed E-state index contributed by atoms with van der Waals surface area (Å²) in [4.78, 5) is 7.54. The third-order valence-corrected chi connectivity index (χ3v) is 5.26. The Labute approximate surface area is 149 Å². The molecule has 8 heteroatoms. The summed E-state index contributed by atoms with van der Waals surface area (Å²) in [5.41, 5.74) is 2.22. The number of hydrogen-bond acceptors (Lipinski definition) is 7. The van der Waals surface area contributed by atoms with Crippen LogP contribution >= 0.6 is 11.8 Å². The fraction of sp³-hybridized carbons (Fsp3) is 0.412. The van der Waals surface area contributed by atoms with Crippen molar-refractivity contribution in [2.45, 2.75) is 12.5 Å². The molecule has 2 aliphatic heterocycles. The molecule has 1 saturated heterocycles. The molecular formula is C17H19FN4O2S. The van der Waals surface area contributed by atoms with Crippen LogP contribution in [-0.4, -0.2) is 48.1 Å². The van der Waals surface area contributed by atoms with E-state index in [2.05, 4.69) is 20.5 Å². The van der Waals surface area contributed by atoms with E-state index in [0.717, 1.165) is 35.9 Å². The van der Waals surface area contributed by atoms with Gasteiger partial charge in [-0.2, -0.15) is 11.8 Å². The number of nitrogens with zero attached hydrogens (tertiary/aromatic N) is 3. The van der Waals surface area contributed by atoms with Crippen molar-refractivity contribution in [2.75, 3.05) is 41.4 Å². The number of anilines is 2. The Morgan fingerprint density at radius 2 is 2.16 bits per heavy atom. The fourth-order valence-electron chi connectivity index (χ4n) is 2.98. The zero-order chi connectivity index (χ0) is 17.1. The van der Waals surface area contributed by atoms with Crippen LogP contribution in [-0.2, 0) is 4.84 Å². The maximum Gasteiger partial charge on any atom is 0.169 e. The Balaban J connectivity index is 1.38. The van der Waals surface area contributed by atoms with Crippen molar-refractivity contribution >= 4 is 29.0 Å². The Kier molecular flexibility index (Phi) is 4.78. The van der Waals surface area contributed by atoms with Crippen LogP contribution in [0.2, 0.25) is 0 Å². The van der Waals surface area contributed by atoms with E-state index < -0.39 is 0 Å². The van der Waals surface area contributed by atoms with E-state index in [4.69, 9.17) is 9.36 Å². The highest BCUT2D eigenvalue weighted by Gasteiger charge is 2.24. The summed E-state index contributed by atoms with van der Waals surface area (Å²) in [5.74, 6) is 2.55. The Morgan fingerprint density at radius 1 is 1.28 bits per heavy atom. The number of nitrogens with one attached hydrogen (secondary N) is 1. The van der Waals surface area contributed by atoms with Crippen LogP contribution in [0, 0.1) is 5.82 Å². The van der Waals surface area contributed by atoms with Gasteiger partial charge in [0, 0.05) is 42.6 Å². The summed E-state index contributed by atoms with van der Waals surface area (Å²) in [6.45, 7) is 2.34. The molecule has 1 N–H and O–H groups in total. The summed E-state index contributed by atoms with van der Waals surface area (Å²) in [7, 11) is 0. The van der Waals surface area contributed by atoms with Crippen LogP contribution < -0.4 is 10.2 Å². The number of halogens is 1. The zero-order valence-electron chi connectivity index (χ0n) is 13.7. The average molecular weight is 362 g/mol. The maximum absolute atomic E-state index is 14.5. The lowest BCUT2D eigenvalue weighted by Gasteiger charge is -2.28. The molecule has 1 aromatic heterocycles. The van der Waals surface area contributed by atoms with E-state index in [0.29, 0.717) is 24.5 Å². The lowest BCUT2D eigenvalue weighted by molar-refractivity contribution is 0.0948. The van der Waals surface area contributed by atoms with Crippen molar-refractivity contribution in [2.24, 2.45) is 5.16 Å². The van der Waals surface area contributed by atoms with Crippen molar-refractivity contribution in [1.29, 1.82) is 0 Å². The summed E-state index contributed by atoms with van der Waals surface area (Å²) < 4.78 is 19.3. The molecule has 1 aromatic carbocycles. The van der Waals surface area contributed by atoms with Gasteiger partial charge in [0.1, 0.15) is 18.2 Å². The zero-order valence-corrected chi connectivity index (χ0v) is 14.5. The minimum absolute atomic E-state index is 0.103. The lowest BCUT2D eigenvalue weighted by Crippen LogP contribution is -2.33. The van der Waals surface area contributed by atoms with Crippen LogP contribution in [0.1, 0.15) is 12.0 Å². The number of benzene rings is 1. The second-order valence-corrected chi connectivity index (χ2v) is 7.23. The molecule has 25 heavy (non-hydrogen) atoms. The first-order chi connectivity index (χ1) is 12.3. The molecule has 0 bridgehead atoms. The van der Waals surface area contributed by atoms with Gasteiger partial charge < -0.3 is 19.6 Å². The highest BCUT2D eigenvalue weighted by atomic mass is 32.2. The topological polar surface area (TPSA) is 62.9 Å². The van der Waals surface area contributed by atoms with Crippen molar-refractivity contribution in [3.63, 3.8) is 0 Å². The summed E-state index contributed by atoms with van der Waals surface area (Å²) in [6.07, 6.45) is 2.03. The van der Waals surface area contributed by atoms with Crippen LogP contribution in [0.4, 0.5) is 15.9 Å². The molecule has 2 aromatic rings. The standard InChI is InChI=1S/C17H19FN4O2S/c18-14-9-12(1-2-16(14)22-4-7-25-8-5-22)15-10-13(24-20-15)11-19-17-3-6-23-21-17/h1-3,6,9,13H,4-5,7-8,10-11H2,(H,19,21). The van der Waals surface area contributed by atoms with Crippen LogP contribution in [0.5, 0.6) is 0 Å². The molecule has 0 spiro atoms. The van der Waals surface area contributed by atoms with Gasteiger partial charge in [0.2, 0.25) is 0 Å². The predicted molar refractivity (Wildman–Crippen MR) is 97.0 cm³/mol. The van der Waals surface area contributed by atoms with Gasteiger partial charge in [-0.25, -0.2) is 4.39 Å². The van der Waals surface area contributed by atoms with Gasteiger partial charge >= 0.3 is 0 Å². The maximum atomic E-state index is 14.5. The van der Waals surface area contributed by atoms with Gasteiger partial charge in [-0.1, -0.05) is 16.4 Å². The van der Waals surface area contributed by atoms with Gasteiger partial charge in [-0.3, -0.25) is 0 Å². The van der Waals surface area contributed by atoms with E-state index in [-0.39, 0.29) is 11.9 Å². The van der Waals surface area contributed by atoms with Gasteiger partial charge in [-0.15, -0.1) is 0 Å². The second kappa shape index (κ2) is 7.35. The van der Waals surface area contributed by atoms with Crippen LogP contribution in [0.3, 0.4) is 0 Å². The number of oxime groups is 1. The molecule has 0 aliphatic carbocycles. The quantitative estimate of drug-likeness (QED) is 0.882. The van der Waals surface area contributed by atoms with Crippen LogP contribution in [0.25, 0.3) is 0 Å². The smallest absolute Gasteiger partial charge is 0.169 e. The second-order valence-electron chi connectivity index (χ2n) is 6.00. The molecule has 2 aliphatic rings. The van der Waals surface area contributed by atoms with E-state index in [1.807, 2.05) is 23.9 Å². The fourth-order valence-corrected chi connectivity index (χ4v) is 3.88. The third-order valence-electron chi connectivity index (χ3n) is 4.31. The first-order valence-corrected chi connectivity index (χ1v) is 9.44.